The molecule has 0 saturated carbocycles. The van der Waals surface area contributed by atoms with Crippen LogP contribution in [0.1, 0.15) is 28.8 Å². The molecule has 0 radical (unpaired) electrons. The van der Waals surface area contributed by atoms with Crippen LogP contribution in [0.3, 0.4) is 0 Å². The molecule has 0 spiro atoms. The molecule has 1 aromatic heterocycles. The summed E-state index contributed by atoms with van der Waals surface area (Å²) in [4.78, 5) is 32.1. The first-order valence-electron chi connectivity index (χ1n) is 11.7. The summed E-state index contributed by atoms with van der Waals surface area (Å²) in [7, 11) is 0. The first-order valence-corrected chi connectivity index (χ1v) is 12.6. The average Bonchev–Trinajstić information content (AvgIpc) is 3.34. The van der Waals surface area contributed by atoms with Gasteiger partial charge in [-0.15, -0.1) is 0 Å². The number of benzene rings is 3. The molecule has 4 aromatic rings. The van der Waals surface area contributed by atoms with Crippen LogP contribution >= 0.6 is 11.3 Å². The van der Waals surface area contributed by atoms with Crippen LogP contribution < -0.4 is 20.7 Å². The number of esters is 1. The molecule has 188 valence electrons. The Morgan fingerprint density at radius 2 is 1.78 bits per heavy atom. The van der Waals surface area contributed by atoms with Gasteiger partial charge in [-0.2, -0.15) is 0 Å². The predicted octanol–water partition coefficient (Wildman–Crippen LogP) is 4.79. The van der Waals surface area contributed by atoms with Crippen LogP contribution in [-0.2, 0) is 4.79 Å². The molecule has 0 bridgehead atoms. The van der Waals surface area contributed by atoms with E-state index in [2.05, 4.69) is 10.2 Å². The number of amidine groups is 1. The molecule has 2 heterocycles. The summed E-state index contributed by atoms with van der Waals surface area (Å²) in [5.41, 5.74) is 7.39. The number of nitrogens with two attached hydrogens (primary N) is 1. The Bertz CT molecular complexity index is 1480. The zero-order valence-electron chi connectivity index (χ0n) is 19.7. The molecular formula is C27H24FN5O3S. The van der Waals surface area contributed by atoms with Crippen molar-refractivity contribution in [2.45, 2.75) is 12.8 Å². The number of hydrogen-bond acceptors (Lipinski definition) is 7. The van der Waals surface area contributed by atoms with Gasteiger partial charge in [-0.1, -0.05) is 29.5 Å². The highest BCUT2D eigenvalue weighted by molar-refractivity contribution is 7.22. The maximum atomic E-state index is 14.3. The third-order valence-electron chi connectivity index (χ3n) is 6.24. The van der Waals surface area contributed by atoms with Gasteiger partial charge in [-0.25, -0.2) is 14.2 Å². The first-order chi connectivity index (χ1) is 17.9. The summed E-state index contributed by atoms with van der Waals surface area (Å²) in [6, 6.07) is 18.2. The van der Waals surface area contributed by atoms with Crippen molar-refractivity contribution in [3.63, 3.8) is 0 Å². The number of rotatable bonds is 6. The molecule has 8 nitrogen and oxygen atoms in total. The van der Waals surface area contributed by atoms with Gasteiger partial charge in [0.1, 0.15) is 5.84 Å². The molecular weight excluding hydrogens is 493 g/mol. The van der Waals surface area contributed by atoms with E-state index in [9.17, 15) is 14.0 Å². The maximum absolute atomic E-state index is 14.3. The second-order valence-corrected chi connectivity index (χ2v) is 9.75. The number of aromatic nitrogens is 1. The molecule has 4 N–H and O–H groups in total. The van der Waals surface area contributed by atoms with Crippen molar-refractivity contribution < 1.29 is 18.7 Å². The number of thiazole rings is 1. The van der Waals surface area contributed by atoms with Crippen molar-refractivity contribution >= 4 is 50.1 Å². The smallest absolute Gasteiger partial charge is 0.343 e. The van der Waals surface area contributed by atoms with Gasteiger partial charge < -0.3 is 20.7 Å². The number of amides is 1. The zero-order chi connectivity index (χ0) is 25.9. The van der Waals surface area contributed by atoms with Gasteiger partial charge in [-0.05, 0) is 61.4 Å². The minimum Gasteiger partial charge on any atom is -0.420 e. The molecule has 5 rings (SSSR count). The molecule has 0 aliphatic carbocycles. The van der Waals surface area contributed by atoms with Crippen LogP contribution in [0.15, 0.2) is 66.7 Å². The molecule has 1 saturated heterocycles. The van der Waals surface area contributed by atoms with Gasteiger partial charge >= 0.3 is 5.97 Å². The molecule has 0 atom stereocenters. The molecule has 37 heavy (non-hydrogen) atoms. The number of nitrogen functional groups attached to an aromatic ring is 1. The standard InChI is InChI=1S/C27H24FN5O3S/c28-20-14-17(24(29)30)7-9-22(20)36-26(35)18-6-8-21-23(15-18)37-27(32-21)33-12-10-16(11-13-33)25(34)31-19-4-2-1-3-5-19/h1-9,14-16H,10-13H2,(H3,29,30)(H,31,34). The van der Waals surface area contributed by atoms with Crippen LogP contribution in [0.5, 0.6) is 5.75 Å². The number of piperidine rings is 1. The van der Waals surface area contributed by atoms with Crippen molar-refractivity contribution in [2.75, 3.05) is 23.3 Å². The Hall–Kier alpha value is -4.31. The summed E-state index contributed by atoms with van der Waals surface area (Å²) in [6.07, 6.45) is 1.44. The summed E-state index contributed by atoms with van der Waals surface area (Å²) >= 11 is 1.46. The van der Waals surface area contributed by atoms with E-state index >= 15 is 0 Å². The van der Waals surface area contributed by atoms with E-state index < -0.39 is 11.8 Å². The van der Waals surface area contributed by atoms with E-state index in [1.54, 1.807) is 18.2 Å². The minimum atomic E-state index is -0.775. The molecule has 0 unspecified atom stereocenters. The van der Waals surface area contributed by atoms with Crippen molar-refractivity contribution in [2.24, 2.45) is 11.7 Å². The number of ether oxygens (including phenoxy) is 1. The predicted molar refractivity (Wildman–Crippen MR) is 142 cm³/mol. The largest absolute Gasteiger partial charge is 0.420 e. The number of para-hydroxylation sites is 1. The SMILES string of the molecule is N=C(N)c1ccc(OC(=O)c2ccc3nc(N4CCC(C(=O)Nc5ccccc5)CC4)sc3c2)c(F)c1. The highest BCUT2D eigenvalue weighted by atomic mass is 32.1. The van der Waals surface area contributed by atoms with Crippen LogP contribution in [0.25, 0.3) is 10.2 Å². The number of carbonyl (C=O) groups excluding carboxylic acids is 2. The van der Waals surface area contributed by atoms with E-state index in [1.165, 1.54) is 23.5 Å². The summed E-state index contributed by atoms with van der Waals surface area (Å²) in [6.45, 7) is 1.41. The number of anilines is 2. The second-order valence-electron chi connectivity index (χ2n) is 8.74. The van der Waals surface area contributed by atoms with Crippen LogP contribution in [0.2, 0.25) is 0 Å². The summed E-state index contributed by atoms with van der Waals surface area (Å²) < 4.78 is 20.3. The number of hydrogen-bond donors (Lipinski definition) is 3. The van der Waals surface area contributed by atoms with Crippen LogP contribution in [-0.4, -0.2) is 35.8 Å². The third kappa shape index (κ3) is 5.44. The van der Waals surface area contributed by atoms with E-state index in [4.69, 9.17) is 20.9 Å². The van der Waals surface area contributed by atoms with Gasteiger partial charge in [0.15, 0.2) is 16.7 Å². The van der Waals surface area contributed by atoms with Crippen molar-refractivity contribution in [1.82, 2.24) is 4.98 Å². The lowest BCUT2D eigenvalue weighted by Crippen LogP contribution is -2.38. The lowest BCUT2D eigenvalue weighted by molar-refractivity contribution is -0.120. The second kappa shape index (κ2) is 10.4. The Labute approximate surface area is 216 Å². The third-order valence-corrected chi connectivity index (χ3v) is 7.31. The summed E-state index contributed by atoms with van der Waals surface area (Å²) in [5.74, 6) is -2.01. The highest BCUT2D eigenvalue weighted by Crippen LogP contribution is 2.33. The molecule has 1 aliphatic heterocycles. The van der Waals surface area contributed by atoms with Crippen LogP contribution in [0, 0.1) is 17.1 Å². The first kappa shape index (κ1) is 24.4. The normalized spacial score (nSPS) is 13.9. The van der Waals surface area contributed by atoms with Gasteiger partial charge in [0, 0.05) is 30.3 Å². The van der Waals surface area contributed by atoms with Crippen molar-refractivity contribution in [3.05, 3.63) is 83.7 Å². The van der Waals surface area contributed by atoms with Crippen LogP contribution in [0.4, 0.5) is 15.2 Å². The van der Waals surface area contributed by atoms with E-state index in [0.717, 1.165) is 39.9 Å². The molecule has 1 fully saturated rings. The number of halogens is 1. The number of nitrogens with zero attached hydrogens (tertiary/aromatic N) is 2. The Morgan fingerprint density at radius 1 is 1.05 bits per heavy atom. The molecule has 1 amide bonds. The number of nitrogens with one attached hydrogen (secondary N) is 2. The van der Waals surface area contributed by atoms with Crippen molar-refractivity contribution in [3.8, 4) is 5.75 Å². The minimum absolute atomic E-state index is 0.0330. The van der Waals surface area contributed by atoms with Gasteiger partial charge in [0.25, 0.3) is 0 Å². The number of fused-ring (bicyclic) bond motifs is 1. The topological polar surface area (TPSA) is 121 Å². The monoisotopic (exact) mass is 517 g/mol. The lowest BCUT2D eigenvalue weighted by Gasteiger charge is -2.31. The van der Waals surface area contributed by atoms with Gasteiger partial charge in [0.2, 0.25) is 5.91 Å². The molecule has 1 aliphatic rings. The Balaban J connectivity index is 1.23. The van der Waals surface area contributed by atoms with E-state index in [-0.39, 0.29) is 34.5 Å². The average molecular weight is 518 g/mol. The van der Waals surface area contributed by atoms with Gasteiger partial charge in [-0.3, -0.25) is 10.2 Å². The fourth-order valence-corrected chi connectivity index (χ4v) is 5.24. The highest BCUT2D eigenvalue weighted by Gasteiger charge is 2.27. The molecule has 10 heteroatoms. The fourth-order valence-electron chi connectivity index (χ4n) is 4.18. The number of carbonyl (C=O) groups is 2. The Kier molecular flexibility index (Phi) is 6.82. The maximum Gasteiger partial charge on any atom is 0.343 e. The Morgan fingerprint density at radius 3 is 2.49 bits per heavy atom. The van der Waals surface area contributed by atoms with E-state index in [0.29, 0.717) is 13.1 Å². The molecule has 3 aromatic carbocycles. The fraction of sp³-hybridized carbons (Fsp3) is 0.185. The summed E-state index contributed by atoms with van der Waals surface area (Å²) in [5, 5.41) is 11.2. The quantitative estimate of drug-likeness (QED) is 0.146. The lowest BCUT2D eigenvalue weighted by atomic mass is 9.96. The van der Waals surface area contributed by atoms with E-state index in [1.807, 2.05) is 30.3 Å². The van der Waals surface area contributed by atoms with Gasteiger partial charge in [0.05, 0.1) is 15.8 Å². The zero-order valence-corrected chi connectivity index (χ0v) is 20.6. The van der Waals surface area contributed by atoms with Crippen molar-refractivity contribution in [1.29, 1.82) is 5.41 Å².